The molecule has 0 amide bonds. The van der Waals surface area contributed by atoms with Gasteiger partial charge in [0.05, 0.1) is 6.10 Å². The van der Waals surface area contributed by atoms with Crippen LogP contribution in [0.4, 0.5) is 5.69 Å². The third-order valence-corrected chi connectivity index (χ3v) is 4.54. The third kappa shape index (κ3) is 3.02. The van der Waals surface area contributed by atoms with Crippen molar-refractivity contribution in [1.29, 1.82) is 0 Å². The molecule has 0 bridgehead atoms. The smallest absolute Gasteiger partial charge is 0.0829 e. The van der Waals surface area contributed by atoms with E-state index < -0.39 is 0 Å². The van der Waals surface area contributed by atoms with Gasteiger partial charge in [0.25, 0.3) is 0 Å². The summed E-state index contributed by atoms with van der Waals surface area (Å²) >= 11 is 3.49. The van der Waals surface area contributed by atoms with Gasteiger partial charge in [0.15, 0.2) is 0 Å². The zero-order chi connectivity index (χ0) is 12.4. The Hall–Kier alpha value is -0.540. The molecule has 2 nitrogen and oxygen atoms in total. The Morgan fingerprint density at radius 1 is 1.29 bits per heavy atom. The number of aliphatic hydroxyl groups is 1. The average Bonchev–Trinajstić information content (AvgIpc) is 2.29. The monoisotopic (exact) mass is 297 g/mol. The summed E-state index contributed by atoms with van der Waals surface area (Å²) in [5, 5.41) is 10.4. The molecule has 0 spiro atoms. The summed E-state index contributed by atoms with van der Waals surface area (Å²) in [5.74, 6) is 1.21. The van der Waals surface area contributed by atoms with Crippen LogP contribution in [-0.4, -0.2) is 5.11 Å². The second-order valence-corrected chi connectivity index (χ2v) is 6.10. The highest BCUT2D eigenvalue weighted by molar-refractivity contribution is 9.10. The van der Waals surface area contributed by atoms with Gasteiger partial charge >= 0.3 is 0 Å². The van der Waals surface area contributed by atoms with Crippen molar-refractivity contribution in [2.75, 3.05) is 5.73 Å². The molecular weight excluding hydrogens is 278 g/mol. The van der Waals surface area contributed by atoms with Gasteiger partial charge in [-0.1, -0.05) is 41.8 Å². The number of hydrogen-bond donors (Lipinski definition) is 2. The molecule has 17 heavy (non-hydrogen) atoms. The maximum absolute atomic E-state index is 10.4. The number of anilines is 1. The quantitative estimate of drug-likeness (QED) is 0.814. The van der Waals surface area contributed by atoms with Gasteiger partial charge in [0.2, 0.25) is 0 Å². The minimum Gasteiger partial charge on any atom is -0.399 e. The van der Waals surface area contributed by atoms with Gasteiger partial charge in [-0.05, 0) is 42.4 Å². The van der Waals surface area contributed by atoms with Crippen LogP contribution in [-0.2, 0) is 0 Å². The van der Waals surface area contributed by atoms with Gasteiger partial charge in [-0.2, -0.15) is 0 Å². The zero-order valence-electron chi connectivity index (χ0n) is 10.2. The standard InChI is InChI=1S/C14H20BrNO/c1-9-2-4-10(5-3-9)14(17)12-7-6-11(16)8-13(12)15/h6-10,14,17H,2-5,16H2,1H3. The first kappa shape index (κ1) is 12.9. The highest BCUT2D eigenvalue weighted by Gasteiger charge is 2.26. The summed E-state index contributed by atoms with van der Waals surface area (Å²) in [5.41, 5.74) is 7.41. The molecule has 3 N–H and O–H groups in total. The van der Waals surface area contributed by atoms with Crippen LogP contribution in [0, 0.1) is 11.8 Å². The Morgan fingerprint density at radius 2 is 1.94 bits per heavy atom. The number of rotatable bonds is 2. The van der Waals surface area contributed by atoms with Crippen LogP contribution >= 0.6 is 15.9 Å². The Labute approximate surface area is 111 Å². The lowest BCUT2D eigenvalue weighted by atomic mass is 9.78. The van der Waals surface area contributed by atoms with Crippen LogP contribution < -0.4 is 5.73 Å². The van der Waals surface area contributed by atoms with E-state index in [-0.39, 0.29) is 6.10 Å². The largest absolute Gasteiger partial charge is 0.399 e. The molecule has 1 aliphatic rings. The fraction of sp³-hybridized carbons (Fsp3) is 0.571. The number of hydrogen-bond acceptors (Lipinski definition) is 2. The van der Waals surface area contributed by atoms with Crippen LogP contribution in [0.25, 0.3) is 0 Å². The van der Waals surface area contributed by atoms with Crippen molar-refractivity contribution >= 4 is 21.6 Å². The predicted octanol–water partition coefficient (Wildman–Crippen LogP) is 3.89. The number of nitrogen functional groups attached to an aromatic ring is 1. The third-order valence-electron chi connectivity index (χ3n) is 3.85. The van der Waals surface area contributed by atoms with Gasteiger partial charge in [-0.15, -0.1) is 0 Å². The van der Waals surface area contributed by atoms with Gasteiger partial charge in [-0.25, -0.2) is 0 Å². The predicted molar refractivity (Wildman–Crippen MR) is 74.6 cm³/mol. The second-order valence-electron chi connectivity index (χ2n) is 5.25. The topological polar surface area (TPSA) is 46.2 Å². The van der Waals surface area contributed by atoms with E-state index in [1.165, 1.54) is 12.8 Å². The Bertz CT molecular complexity index is 386. The van der Waals surface area contributed by atoms with Crippen molar-refractivity contribution in [2.45, 2.75) is 38.7 Å². The molecule has 2 rings (SSSR count). The van der Waals surface area contributed by atoms with Crippen LogP contribution in [0.5, 0.6) is 0 Å². The molecule has 1 atom stereocenters. The molecule has 1 aromatic carbocycles. The van der Waals surface area contributed by atoms with Gasteiger partial charge in [-0.3, -0.25) is 0 Å². The number of nitrogens with two attached hydrogens (primary N) is 1. The second kappa shape index (κ2) is 5.40. The number of halogens is 1. The van der Waals surface area contributed by atoms with Crippen molar-refractivity contribution in [3.8, 4) is 0 Å². The van der Waals surface area contributed by atoms with Crippen molar-refractivity contribution in [1.82, 2.24) is 0 Å². The summed E-state index contributed by atoms with van der Waals surface area (Å²) < 4.78 is 0.920. The van der Waals surface area contributed by atoms with Gasteiger partial charge < -0.3 is 10.8 Å². The Morgan fingerprint density at radius 3 is 2.53 bits per heavy atom. The summed E-state index contributed by atoms with van der Waals surface area (Å²) in [6, 6.07) is 5.65. The first-order chi connectivity index (χ1) is 8.08. The van der Waals surface area contributed by atoms with Crippen molar-refractivity contribution in [2.24, 2.45) is 11.8 Å². The van der Waals surface area contributed by atoms with Crippen LogP contribution in [0.3, 0.4) is 0 Å². The van der Waals surface area contributed by atoms with E-state index in [0.717, 1.165) is 34.5 Å². The van der Waals surface area contributed by atoms with E-state index in [2.05, 4.69) is 22.9 Å². The molecule has 0 aliphatic heterocycles. The molecule has 1 aliphatic carbocycles. The van der Waals surface area contributed by atoms with E-state index in [1.54, 1.807) is 0 Å². The number of benzene rings is 1. The normalized spacial score (nSPS) is 26.8. The van der Waals surface area contributed by atoms with Crippen LogP contribution in [0.1, 0.15) is 44.3 Å². The van der Waals surface area contributed by atoms with E-state index >= 15 is 0 Å². The molecular formula is C14H20BrNO. The highest BCUT2D eigenvalue weighted by Crippen LogP contribution is 2.39. The summed E-state index contributed by atoms with van der Waals surface area (Å²) in [4.78, 5) is 0. The minimum absolute atomic E-state index is 0.363. The lowest BCUT2D eigenvalue weighted by Crippen LogP contribution is -2.19. The molecule has 1 unspecified atom stereocenters. The fourth-order valence-corrected chi connectivity index (χ4v) is 3.27. The Balaban J connectivity index is 2.11. The minimum atomic E-state index is -0.363. The molecule has 3 heteroatoms. The van der Waals surface area contributed by atoms with E-state index in [9.17, 15) is 5.11 Å². The first-order valence-corrected chi connectivity index (χ1v) is 7.10. The highest BCUT2D eigenvalue weighted by atomic mass is 79.9. The van der Waals surface area contributed by atoms with E-state index in [1.807, 2.05) is 18.2 Å². The summed E-state index contributed by atoms with van der Waals surface area (Å²) in [6.07, 6.45) is 4.35. The van der Waals surface area contributed by atoms with Crippen molar-refractivity contribution < 1.29 is 5.11 Å². The Kier molecular flexibility index (Phi) is 4.10. The van der Waals surface area contributed by atoms with E-state index in [4.69, 9.17) is 5.73 Å². The lowest BCUT2D eigenvalue weighted by molar-refractivity contribution is 0.0750. The summed E-state index contributed by atoms with van der Waals surface area (Å²) in [7, 11) is 0. The average molecular weight is 298 g/mol. The number of aliphatic hydroxyl groups excluding tert-OH is 1. The van der Waals surface area contributed by atoms with Crippen molar-refractivity contribution in [3.05, 3.63) is 28.2 Å². The molecule has 1 saturated carbocycles. The maximum Gasteiger partial charge on any atom is 0.0829 e. The molecule has 0 aromatic heterocycles. The lowest BCUT2D eigenvalue weighted by Gasteiger charge is -2.30. The fourth-order valence-electron chi connectivity index (χ4n) is 2.64. The van der Waals surface area contributed by atoms with Gasteiger partial charge in [0.1, 0.15) is 0 Å². The first-order valence-electron chi connectivity index (χ1n) is 6.31. The summed E-state index contributed by atoms with van der Waals surface area (Å²) in [6.45, 7) is 2.29. The van der Waals surface area contributed by atoms with Crippen molar-refractivity contribution in [3.63, 3.8) is 0 Å². The molecule has 94 valence electrons. The SMILES string of the molecule is CC1CCC(C(O)c2ccc(N)cc2Br)CC1. The molecule has 1 fully saturated rings. The van der Waals surface area contributed by atoms with Gasteiger partial charge in [0, 0.05) is 10.2 Å². The van der Waals surface area contributed by atoms with Crippen LogP contribution in [0.15, 0.2) is 22.7 Å². The zero-order valence-corrected chi connectivity index (χ0v) is 11.8. The maximum atomic E-state index is 10.4. The molecule has 0 radical (unpaired) electrons. The van der Waals surface area contributed by atoms with Crippen LogP contribution in [0.2, 0.25) is 0 Å². The molecule has 0 saturated heterocycles. The van der Waals surface area contributed by atoms with E-state index in [0.29, 0.717) is 5.92 Å². The molecule has 1 aromatic rings. The molecule has 0 heterocycles.